The Bertz CT molecular complexity index is 1030. The van der Waals surface area contributed by atoms with Gasteiger partial charge >= 0.3 is 0 Å². The van der Waals surface area contributed by atoms with Crippen molar-refractivity contribution in [3.63, 3.8) is 0 Å². The van der Waals surface area contributed by atoms with Gasteiger partial charge in [-0.25, -0.2) is 4.98 Å². The molecule has 1 aromatic heterocycles. The lowest BCUT2D eigenvalue weighted by molar-refractivity contribution is -0.120. The fourth-order valence-corrected chi connectivity index (χ4v) is 3.62. The van der Waals surface area contributed by atoms with Gasteiger partial charge in [0.15, 0.2) is 0 Å². The van der Waals surface area contributed by atoms with Crippen molar-refractivity contribution in [2.45, 2.75) is 53.2 Å². The third-order valence-corrected chi connectivity index (χ3v) is 5.59. The molecule has 160 valence electrons. The number of amides is 1. The van der Waals surface area contributed by atoms with E-state index in [1.54, 1.807) is 0 Å². The molecule has 1 atom stereocenters. The molecule has 0 fully saturated rings. The topological polar surface area (TPSA) is 82.2 Å². The van der Waals surface area contributed by atoms with Crippen LogP contribution in [0.25, 0.3) is 22.2 Å². The zero-order valence-corrected chi connectivity index (χ0v) is 18.4. The molecule has 1 heterocycles. The first-order valence-electron chi connectivity index (χ1n) is 10.6. The Balaban J connectivity index is 1.98. The van der Waals surface area contributed by atoms with E-state index in [0.29, 0.717) is 32.7 Å². The highest BCUT2D eigenvalue weighted by Crippen LogP contribution is 2.27. The van der Waals surface area contributed by atoms with Gasteiger partial charge in [0.2, 0.25) is 5.91 Å². The number of rotatable bonds is 10. The Morgan fingerprint density at radius 3 is 2.53 bits per heavy atom. The number of benzene rings is 2. The van der Waals surface area contributed by atoms with Crippen molar-refractivity contribution in [3.8, 4) is 11.1 Å². The second-order valence-electron chi connectivity index (χ2n) is 7.62. The van der Waals surface area contributed by atoms with Crippen molar-refractivity contribution in [1.82, 2.24) is 14.9 Å². The van der Waals surface area contributed by atoms with Gasteiger partial charge in [0, 0.05) is 13.2 Å². The Labute approximate surface area is 178 Å². The largest absolute Gasteiger partial charge is 0.380 e. The zero-order valence-electron chi connectivity index (χ0n) is 18.4. The molecule has 3 rings (SSSR count). The zero-order chi connectivity index (χ0) is 21.7. The van der Waals surface area contributed by atoms with Crippen LogP contribution in [0.5, 0.6) is 0 Å². The summed E-state index contributed by atoms with van der Waals surface area (Å²) in [6.45, 7) is 10.6. The monoisotopic (exact) mass is 408 g/mol. The average Bonchev–Trinajstić information content (AvgIpc) is 3.07. The van der Waals surface area contributed by atoms with Crippen LogP contribution in [0.1, 0.15) is 37.2 Å². The maximum absolute atomic E-state index is 11.6. The van der Waals surface area contributed by atoms with Crippen LogP contribution in [0.4, 0.5) is 0 Å². The van der Waals surface area contributed by atoms with E-state index < -0.39 is 0 Å². The van der Waals surface area contributed by atoms with Crippen molar-refractivity contribution < 1.29 is 9.53 Å². The summed E-state index contributed by atoms with van der Waals surface area (Å²) in [7, 11) is 0. The number of carbonyl (C=O) groups is 1. The Morgan fingerprint density at radius 1 is 1.13 bits per heavy atom. The van der Waals surface area contributed by atoms with E-state index in [1.807, 2.05) is 13.8 Å². The predicted octanol–water partition coefficient (Wildman–Crippen LogP) is 3.71. The molecule has 0 bridgehead atoms. The van der Waals surface area contributed by atoms with Gasteiger partial charge in [0.25, 0.3) is 0 Å². The smallest absolute Gasteiger partial charge is 0.234 e. The number of primary amides is 1. The molecule has 0 aliphatic carbocycles. The number of fused-ring (bicyclic) bond motifs is 1. The molecule has 6 nitrogen and oxygen atoms in total. The number of nitrogens with zero attached hydrogens (tertiary/aromatic N) is 2. The highest BCUT2D eigenvalue weighted by Gasteiger charge is 2.16. The van der Waals surface area contributed by atoms with Crippen molar-refractivity contribution in [3.05, 3.63) is 53.3 Å². The molecule has 0 unspecified atom stereocenters. The minimum Gasteiger partial charge on any atom is -0.380 e. The summed E-state index contributed by atoms with van der Waals surface area (Å²) in [5.41, 5.74) is 12.4. The van der Waals surface area contributed by atoms with Crippen LogP contribution >= 0.6 is 0 Å². The number of aromatic nitrogens is 2. The molecule has 30 heavy (non-hydrogen) atoms. The van der Waals surface area contributed by atoms with Gasteiger partial charge in [0.1, 0.15) is 5.82 Å². The fraction of sp³-hybridized carbons (Fsp3) is 0.417. The summed E-state index contributed by atoms with van der Waals surface area (Å²) in [6, 6.07) is 12.5. The van der Waals surface area contributed by atoms with Crippen molar-refractivity contribution in [2.24, 2.45) is 5.73 Å². The first-order valence-corrected chi connectivity index (χ1v) is 10.6. The van der Waals surface area contributed by atoms with E-state index in [0.717, 1.165) is 22.4 Å². The number of imidazole rings is 1. The van der Waals surface area contributed by atoms with E-state index in [-0.39, 0.29) is 11.9 Å². The molecule has 0 saturated carbocycles. The molecule has 2 aromatic carbocycles. The number of aryl methyl sites for hydroxylation is 2. The molecule has 0 radical (unpaired) electrons. The highest BCUT2D eigenvalue weighted by atomic mass is 16.5. The number of nitrogens with one attached hydrogen (secondary N) is 1. The molecular weight excluding hydrogens is 376 g/mol. The summed E-state index contributed by atoms with van der Waals surface area (Å²) >= 11 is 0. The number of hydrogen-bond acceptors (Lipinski definition) is 4. The van der Waals surface area contributed by atoms with Crippen LogP contribution in [0.3, 0.4) is 0 Å². The van der Waals surface area contributed by atoms with E-state index in [2.05, 4.69) is 60.1 Å². The maximum atomic E-state index is 11.6. The lowest BCUT2D eigenvalue weighted by atomic mass is 10.0. The summed E-state index contributed by atoms with van der Waals surface area (Å²) in [6.07, 6.45) is 0.644. The first-order chi connectivity index (χ1) is 14.4. The Hall–Kier alpha value is -2.70. The third-order valence-electron chi connectivity index (χ3n) is 5.59. The van der Waals surface area contributed by atoms with E-state index >= 15 is 0 Å². The molecule has 6 heteroatoms. The molecule has 3 N–H and O–H groups in total. The molecule has 0 aliphatic heterocycles. The van der Waals surface area contributed by atoms with Gasteiger partial charge in [-0.3, -0.25) is 10.1 Å². The SMILES string of the molecule is CCOCCn1c(CN[C@@H](CC)C(N)=O)nc2ccc(-c3ccc(C)c(C)c3)cc21. The molecule has 1 amide bonds. The highest BCUT2D eigenvalue weighted by molar-refractivity contribution is 5.83. The molecule has 0 aliphatic rings. The fourth-order valence-electron chi connectivity index (χ4n) is 3.62. The minimum atomic E-state index is -0.365. The van der Waals surface area contributed by atoms with Gasteiger partial charge < -0.3 is 15.0 Å². The van der Waals surface area contributed by atoms with Crippen molar-refractivity contribution in [1.29, 1.82) is 0 Å². The lowest BCUT2D eigenvalue weighted by Crippen LogP contribution is -2.40. The Morgan fingerprint density at radius 2 is 1.87 bits per heavy atom. The predicted molar refractivity (Wildman–Crippen MR) is 121 cm³/mol. The van der Waals surface area contributed by atoms with Gasteiger partial charge in [-0.2, -0.15) is 0 Å². The molecule has 0 spiro atoms. The second-order valence-corrected chi connectivity index (χ2v) is 7.62. The standard InChI is InChI=1S/C24H32N4O2/c1-5-20(24(25)29)26-15-23-27-21-10-9-19(18-8-7-16(3)17(4)13-18)14-22(21)28(23)11-12-30-6-2/h7-10,13-14,20,26H,5-6,11-12,15H2,1-4H3,(H2,25,29)/t20-/m0/s1. The summed E-state index contributed by atoms with van der Waals surface area (Å²) in [5.74, 6) is 0.535. The number of hydrogen-bond donors (Lipinski definition) is 2. The molecular formula is C24H32N4O2. The van der Waals surface area contributed by atoms with Crippen LogP contribution in [0.2, 0.25) is 0 Å². The van der Waals surface area contributed by atoms with Crippen molar-refractivity contribution >= 4 is 16.9 Å². The maximum Gasteiger partial charge on any atom is 0.234 e. The van der Waals surface area contributed by atoms with Crippen LogP contribution in [-0.4, -0.2) is 34.7 Å². The quantitative estimate of drug-likeness (QED) is 0.501. The first kappa shape index (κ1) is 22.0. The minimum absolute atomic E-state index is 0.341. The average molecular weight is 409 g/mol. The molecule has 0 saturated heterocycles. The van der Waals surface area contributed by atoms with Crippen LogP contribution in [0.15, 0.2) is 36.4 Å². The normalized spacial score (nSPS) is 12.4. The second kappa shape index (κ2) is 9.87. The number of carbonyl (C=O) groups excluding carboxylic acids is 1. The summed E-state index contributed by atoms with van der Waals surface area (Å²) < 4.78 is 7.77. The van der Waals surface area contributed by atoms with Crippen LogP contribution < -0.4 is 11.1 Å². The van der Waals surface area contributed by atoms with Crippen molar-refractivity contribution in [2.75, 3.05) is 13.2 Å². The van der Waals surface area contributed by atoms with Gasteiger partial charge in [-0.15, -0.1) is 0 Å². The van der Waals surface area contributed by atoms with Gasteiger partial charge in [-0.05, 0) is 61.6 Å². The van der Waals surface area contributed by atoms with Gasteiger partial charge in [0.05, 0.1) is 30.2 Å². The van der Waals surface area contributed by atoms with E-state index in [1.165, 1.54) is 16.7 Å². The van der Waals surface area contributed by atoms with Crippen LogP contribution in [-0.2, 0) is 22.6 Å². The van der Waals surface area contributed by atoms with E-state index in [4.69, 9.17) is 15.5 Å². The number of nitrogens with two attached hydrogens (primary N) is 1. The van der Waals surface area contributed by atoms with Gasteiger partial charge in [-0.1, -0.05) is 31.2 Å². The third kappa shape index (κ3) is 4.89. The summed E-state index contributed by atoms with van der Waals surface area (Å²) in [5, 5.41) is 3.24. The summed E-state index contributed by atoms with van der Waals surface area (Å²) in [4.78, 5) is 16.4. The van der Waals surface area contributed by atoms with Crippen LogP contribution in [0, 0.1) is 13.8 Å². The lowest BCUT2D eigenvalue weighted by Gasteiger charge is -2.14. The Kier molecular flexibility index (Phi) is 7.24. The molecule has 3 aromatic rings. The van der Waals surface area contributed by atoms with E-state index in [9.17, 15) is 4.79 Å². The number of ether oxygens (including phenoxy) is 1.